The number of carbonyl (C=O) groups is 2. The van der Waals surface area contributed by atoms with Crippen molar-refractivity contribution >= 4 is 17.6 Å². The van der Waals surface area contributed by atoms with Crippen molar-refractivity contribution in [3.05, 3.63) is 166 Å². The number of rotatable bonds is 15. The molecule has 5 aromatic rings. The molecule has 6 N–H and O–H groups in total. The maximum Gasteiger partial charge on any atom is 0.232 e. The highest BCUT2D eigenvalue weighted by Crippen LogP contribution is 2.25. The second kappa shape index (κ2) is 17.0. The number of aliphatic hydroxyl groups is 1. The first kappa shape index (κ1) is 34.0. The number of nitrogens with zero attached hydrogens (tertiary/aromatic N) is 1. The Morgan fingerprint density at radius 3 is 1.92 bits per heavy atom. The van der Waals surface area contributed by atoms with Crippen LogP contribution in [-0.2, 0) is 35.5 Å². The topological polar surface area (TPSA) is 129 Å². The van der Waals surface area contributed by atoms with Crippen LogP contribution in [0.3, 0.4) is 0 Å². The van der Waals surface area contributed by atoms with E-state index in [0.29, 0.717) is 31.0 Å². The van der Waals surface area contributed by atoms with E-state index in [1.54, 1.807) is 18.3 Å². The fraction of sp³-hybridized carbons (Fsp3) is 0.225. The molecule has 246 valence electrons. The van der Waals surface area contributed by atoms with E-state index in [4.69, 9.17) is 5.73 Å². The number of hydrogen-bond acceptors (Lipinski definition) is 6. The van der Waals surface area contributed by atoms with Crippen LogP contribution in [0, 0.1) is 0 Å². The third-order valence-corrected chi connectivity index (χ3v) is 8.26. The Balaban J connectivity index is 1.06. The Morgan fingerprint density at radius 2 is 1.31 bits per heavy atom. The van der Waals surface area contributed by atoms with Gasteiger partial charge in [0.1, 0.15) is 5.82 Å². The van der Waals surface area contributed by atoms with Crippen molar-refractivity contribution in [2.75, 3.05) is 12.3 Å². The Morgan fingerprint density at radius 1 is 0.708 bits per heavy atom. The predicted molar refractivity (Wildman–Crippen MR) is 190 cm³/mol. The van der Waals surface area contributed by atoms with E-state index in [9.17, 15) is 14.7 Å². The molecule has 1 heterocycles. The highest BCUT2D eigenvalue weighted by molar-refractivity contribution is 5.87. The maximum atomic E-state index is 13.3. The second-order valence-corrected chi connectivity index (χ2v) is 12.1. The summed E-state index contributed by atoms with van der Waals surface area (Å²) in [4.78, 5) is 30.1. The lowest BCUT2D eigenvalue weighted by molar-refractivity contribution is -0.122. The predicted octanol–water partition coefficient (Wildman–Crippen LogP) is 5.23. The lowest BCUT2D eigenvalue weighted by atomic mass is 9.90. The summed E-state index contributed by atoms with van der Waals surface area (Å²) in [7, 11) is 0. The monoisotopic (exact) mass is 641 g/mol. The number of anilines is 1. The quantitative estimate of drug-likeness (QED) is 0.107. The summed E-state index contributed by atoms with van der Waals surface area (Å²) in [6.45, 7) is 3.29. The minimum Gasteiger partial charge on any atom is -0.387 e. The number of aromatic nitrogens is 1. The van der Waals surface area contributed by atoms with Gasteiger partial charge in [0.05, 0.1) is 18.4 Å². The summed E-state index contributed by atoms with van der Waals surface area (Å²) < 4.78 is 0. The maximum absolute atomic E-state index is 13.3. The Hall–Kier alpha value is -5.31. The van der Waals surface area contributed by atoms with E-state index in [-0.39, 0.29) is 30.2 Å². The van der Waals surface area contributed by atoms with E-state index < -0.39 is 6.10 Å². The molecule has 0 aliphatic carbocycles. The molecule has 2 amide bonds. The number of nitrogen functional groups attached to an aromatic ring is 1. The van der Waals surface area contributed by atoms with Crippen LogP contribution in [-0.4, -0.2) is 34.5 Å². The van der Waals surface area contributed by atoms with Crippen LogP contribution in [0.15, 0.2) is 128 Å². The van der Waals surface area contributed by atoms with Gasteiger partial charge in [0.25, 0.3) is 0 Å². The van der Waals surface area contributed by atoms with Crippen molar-refractivity contribution in [3.8, 4) is 0 Å². The van der Waals surface area contributed by atoms with E-state index in [2.05, 4.69) is 33.9 Å². The molecule has 2 atom stereocenters. The summed E-state index contributed by atoms with van der Waals surface area (Å²) in [5.74, 6) is -0.0706. The van der Waals surface area contributed by atoms with E-state index in [1.807, 2.05) is 103 Å². The summed E-state index contributed by atoms with van der Waals surface area (Å²) in [6, 6.07) is 39.1. The molecule has 0 saturated heterocycles. The highest BCUT2D eigenvalue weighted by Gasteiger charge is 2.22. The SMILES string of the molecule is C[C@H](Cc1cccc(CC(=O)NCc2ccc(CNC(=O)C(c3ccccc3)c3ccccc3)cc2)c1)NC[C@@H](O)c1ccc(N)nc1. The standard InChI is InChI=1S/C40H43N5O3/c1-28(42-27-36(46)35-19-20-37(41)43-26-35)21-31-9-8-10-32(22-31)23-38(47)44-24-29-15-17-30(18-16-29)25-45-40(48)39(33-11-4-2-5-12-33)34-13-6-3-7-14-34/h2-20,22,26,28,36,39,42,46H,21,23-25,27H2,1H3,(H2,41,43)(H,44,47)(H,45,48)/t28-,36-/m1/s1. The van der Waals surface area contributed by atoms with Crippen LogP contribution < -0.4 is 21.7 Å². The summed E-state index contributed by atoms with van der Waals surface area (Å²) in [6.07, 6.45) is 1.96. The van der Waals surface area contributed by atoms with Crippen molar-refractivity contribution in [1.82, 2.24) is 20.9 Å². The normalized spacial score (nSPS) is 12.3. The fourth-order valence-electron chi connectivity index (χ4n) is 5.64. The van der Waals surface area contributed by atoms with Gasteiger partial charge in [-0.15, -0.1) is 0 Å². The van der Waals surface area contributed by atoms with E-state index in [1.165, 1.54) is 0 Å². The van der Waals surface area contributed by atoms with Gasteiger partial charge in [-0.05, 0) is 52.8 Å². The number of benzene rings is 4. The molecule has 8 nitrogen and oxygen atoms in total. The lowest BCUT2D eigenvalue weighted by Gasteiger charge is -2.18. The number of aliphatic hydroxyl groups excluding tert-OH is 1. The molecule has 8 heteroatoms. The van der Waals surface area contributed by atoms with Gasteiger partial charge >= 0.3 is 0 Å². The molecule has 0 aliphatic rings. The van der Waals surface area contributed by atoms with E-state index in [0.717, 1.165) is 39.8 Å². The summed E-state index contributed by atoms with van der Waals surface area (Å²) in [5.41, 5.74) is 12.3. The van der Waals surface area contributed by atoms with Crippen LogP contribution in [0.5, 0.6) is 0 Å². The molecule has 0 unspecified atom stereocenters. The van der Waals surface area contributed by atoms with Crippen LogP contribution in [0.4, 0.5) is 5.82 Å². The molecular weight excluding hydrogens is 598 g/mol. The number of amides is 2. The molecule has 5 rings (SSSR count). The van der Waals surface area contributed by atoms with Gasteiger partial charge < -0.3 is 26.8 Å². The molecule has 0 bridgehead atoms. The molecule has 0 aliphatic heterocycles. The van der Waals surface area contributed by atoms with Crippen LogP contribution in [0.25, 0.3) is 0 Å². The van der Waals surface area contributed by atoms with E-state index >= 15 is 0 Å². The lowest BCUT2D eigenvalue weighted by Crippen LogP contribution is -2.32. The first-order valence-electron chi connectivity index (χ1n) is 16.3. The minimum absolute atomic E-state index is 0.0514. The second-order valence-electron chi connectivity index (χ2n) is 12.1. The largest absolute Gasteiger partial charge is 0.387 e. The first-order chi connectivity index (χ1) is 23.3. The molecule has 0 spiro atoms. The average Bonchev–Trinajstić information content (AvgIpc) is 3.11. The van der Waals surface area contributed by atoms with Gasteiger partial charge in [0.15, 0.2) is 0 Å². The first-order valence-corrected chi connectivity index (χ1v) is 16.3. The number of nitrogens with one attached hydrogen (secondary N) is 3. The zero-order valence-corrected chi connectivity index (χ0v) is 27.2. The molecule has 0 saturated carbocycles. The van der Waals surface area contributed by atoms with Gasteiger partial charge in [0, 0.05) is 37.4 Å². The average molecular weight is 642 g/mol. The Labute approximate surface area is 282 Å². The number of carbonyl (C=O) groups excluding carboxylic acids is 2. The van der Waals surface area contributed by atoms with Crippen LogP contribution >= 0.6 is 0 Å². The third-order valence-electron chi connectivity index (χ3n) is 8.26. The van der Waals surface area contributed by atoms with Gasteiger partial charge in [0.2, 0.25) is 11.8 Å². The van der Waals surface area contributed by atoms with Gasteiger partial charge in [-0.3, -0.25) is 9.59 Å². The van der Waals surface area contributed by atoms with Crippen molar-refractivity contribution in [2.45, 2.75) is 50.9 Å². The Bertz CT molecular complexity index is 1710. The third kappa shape index (κ3) is 10.1. The van der Waals surface area contributed by atoms with Crippen molar-refractivity contribution < 1.29 is 14.7 Å². The summed E-state index contributed by atoms with van der Waals surface area (Å²) >= 11 is 0. The minimum atomic E-state index is -0.676. The smallest absolute Gasteiger partial charge is 0.232 e. The molecule has 0 fully saturated rings. The number of pyridine rings is 1. The zero-order chi connectivity index (χ0) is 33.7. The molecule has 48 heavy (non-hydrogen) atoms. The molecular formula is C40H43N5O3. The summed E-state index contributed by atoms with van der Waals surface area (Å²) in [5, 5.41) is 19.9. The zero-order valence-electron chi connectivity index (χ0n) is 27.2. The molecule has 4 aromatic carbocycles. The fourth-order valence-corrected chi connectivity index (χ4v) is 5.64. The number of hydrogen-bond donors (Lipinski definition) is 5. The van der Waals surface area contributed by atoms with Crippen LogP contribution in [0.1, 0.15) is 57.9 Å². The Kier molecular flexibility index (Phi) is 12.1. The highest BCUT2D eigenvalue weighted by atomic mass is 16.3. The number of nitrogens with two attached hydrogens (primary N) is 1. The van der Waals surface area contributed by atoms with Crippen LogP contribution in [0.2, 0.25) is 0 Å². The van der Waals surface area contributed by atoms with Gasteiger partial charge in [-0.25, -0.2) is 4.98 Å². The van der Waals surface area contributed by atoms with Crippen molar-refractivity contribution in [1.29, 1.82) is 0 Å². The van der Waals surface area contributed by atoms with Gasteiger partial charge in [-0.1, -0.05) is 115 Å². The molecule has 1 aromatic heterocycles. The van der Waals surface area contributed by atoms with Crippen molar-refractivity contribution in [3.63, 3.8) is 0 Å². The van der Waals surface area contributed by atoms with Gasteiger partial charge in [-0.2, -0.15) is 0 Å². The van der Waals surface area contributed by atoms with Crippen molar-refractivity contribution in [2.24, 2.45) is 0 Å². The molecule has 0 radical (unpaired) electrons.